The van der Waals surface area contributed by atoms with Crippen molar-refractivity contribution >= 4 is 17.1 Å². The van der Waals surface area contributed by atoms with E-state index < -0.39 is 11.3 Å². The molecule has 1 aliphatic heterocycles. The van der Waals surface area contributed by atoms with Crippen molar-refractivity contribution in [3.8, 4) is 0 Å². The van der Waals surface area contributed by atoms with Crippen molar-refractivity contribution in [2.24, 2.45) is 0 Å². The van der Waals surface area contributed by atoms with Crippen LogP contribution in [0.4, 0.5) is 5.82 Å². The van der Waals surface area contributed by atoms with Gasteiger partial charge in [-0.2, -0.15) is 0 Å². The maximum atomic E-state index is 10.7. The maximum absolute atomic E-state index is 10.7. The molecule has 0 aliphatic carbocycles. The molecule has 0 radical (unpaired) electrons. The number of hydrogen-bond acceptors (Lipinski definition) is 4. The van der Waals surface area contributed by atoms with Crippen LogP contribution in [0.5, 0.6) is 0 Å². The van der Waals surface area contributed by atoms with Crippen LogP contribution in [0.1, 0.15) is 5.56 Å². The smallest absolute Gasteiger partial charge is 0.128 e. The fourth-order valence-electron chi connectivity index (χ4n) is 1.71. The Balaban J connectivity index is 1.99. The molecule has 6 heteroatoms. The number of anilines is 1. The number of rotatable bonds is 2. The van der Waals surface area contributed by atoms with E-state index in [2.05, 4.69) is 9.88 Å². The lowest BCUT2D eigenvalue weighted by molar-refractivity contribution is 0.366. The molecule has 1 atom stereocenters. The maximum Gasteiger partial charge on any atom is 0.128 e. The second kappa shape index (κ2) is 4.90. The molecule has 1 saturated heterocycles. The first-order valence-corrected chi connectivity index (χ1v) is 6.22. The van der Waals surface area contributed by atoms with E-state index in [1.165, 1.54) is 4.31 Å². The zero-order valence-corrected chi connectivity index (χ0v) is 9.94. The largest absolute Gasteiger partial charge is 0.760 e. The molecule has 0 aromatic carbocycles. The van der Waals surface area contributed by atoms with E-state index in [0.29, 0.717) is 26.2 Å². The molecule has 88 valence electrons. The summed E-state index contributed by atoms with van der Waals surface area (Å²) in [7, 11) is 0. The van der Waals surface area contributed by atoms with Crippen LogP contribution in [0.2, 0.25) is 0 Å². The Morgan fingerprint density at radius 1 is 1.31 bits per heavy atom. The van der Waals surface area contributed by atoms with Gasteiger partial charge in [0.2, 0.25) is 0 Å². The SMILES string of the molecule is Cc1ccc(N2CCN(S(=O)[O-])CC2)nc1. The topological polar surface area (TPSA) is 59.5 Å². The van der Waals surface area contributed by atoms with E-state index in [4.69, 9.17) is 0 Å². The predicted molar refractivity (Wildman–Crippen MR) is 61.7 cm³/mol. The number of aromatic nitrogens is 1. The van der Waals surface area contributed by atoms with Crippen molar-refractivity contribution in [3.63, 3.8) is 0 Å². The van der Waals surface area contributed by atoms with Crippen LogP contribution in [0, 0.1) is 6.92 Å². The lowest BCUT2D eigenvalue weighted by Crippen LogP contribution is -2.47. The highest BCUT2D eigenvalue weighted by Crippen LogP contribution is 2.13. The highest BCUT2D eigenvalue weighted by atomic mass is 32.2. The molecule has 2 rings (SSSR count). The van der Waals surface area contributed by atoms with E-state index in [-0.39, 0.29) is 0 Å². The molecule has 1 fully saturated rings. The zero-order chi connectivity index (χ0) is 11.5. The fraction of sp³-hybridized carbons (Fsp3) is 0.500. The second-order valence-electron chi connectivity index (χ2n) is 3.83. The molecule has 0 amide bonds. The molecular weight excluding hydrogens is 226 g/mol. The Hall–Kier alpha value is -0.980. The van der Waals surface area contributed by atoms with Crippen molar-refractivity contribution < 1.29 is 8.76 Å². The summed E-state index contributed by atoms with van der Waals surface area (Å²) in [5.41, 5.74) is 1.13. The third-order valence-corrected chi connectivity index (χ3v) is 3.46. The van der Waals surface area contributed by atoms with Crippen LogP contribution in [-0.2, 0) is 11.3 Å². The monoisotopic (exact) mass is 240 g/mol. The summed E-state index contributed by atoms with van der Waals surface area (Å²) in [6.45, 7) is 4.46. The molecule has 5 nitrogen and oxygen atoms in total. The quantitative estimate of drug-likeness (QED) is 0.698. The van der Waals surface area contributed by atoms with Crippen LogP contribution < -0.4 is 4.90 Å². The van der Waals surface area contributed by atoms with Gasteiger partial charge < -0.3 is 9.45 Å². The second-order valence-corrected chi connectivity index (χ2v) is 4.78. The summed E-state index contributed by atoms with van der Waals surface area (Å²) < 4.78 is 22.9. The molecule has 0 N–H and O–H groups in total. The van der Waals surface area contributed by atoms with Gasteiger partial charge in [0.25, 0.3) is 0 Å². The van der Waals surface area contributed by atoms with E-state index in [9.17, 15) is 8.76 Å². The summed E-state index contributed by atoms with van der Waals surface area (Å²) in [4.78, 5) is 6.43. The highest BCUT2D eigenvalue weighted by molar-refractivity contribution is 7.76. The molecule has 16 heavy (non-hydrogen) atoms. The van der Waals surface area contributed by atoms with Crippen molar-refractivity contribution in [2.75, 3.05) is 31.1 Å². The highest BCUT2D eigenvalue weighted by Gasteiger charge is 2.17. The van der Waals surface area contributed by atoms with Crippen molar-refractivity contribution in [1.82, 2.24) is 9.29 Å². The van der Waals surface area contributed by atoms with Gasteiger partial charge in [0, 0.05) is 43.6 Å². The lowest BCUT2D eigenvalue weighted by Gasteiger charge is -2.35. The van der Waals surface area contributed by atoms with Crippen LogP contribution in [-0.4, -0.2) is 44.2 Å². The number of piperazine rings is 1. The van der Waals surface area contributed by atoms with Gasteiger partial charge in [-0.05, 0) is 18.6 Å². The Morgan fingerprint density at radius 2 is 2.00 bits per heavy atom. The molecule has 0 saturated carbocycles. The van der Waals surface area contributed by atoms with Gasteiger partial charge in [-0.1, -0.05) is 6.07 Å². The molecule has 0 spiro atoms. The summed E-state index contributed by atoms with van der Waals surface area (Å²) in [6.07, 6.45) is 1.83. The van der Waals surface area contributed by atoms with E-state index in [0.717, 1.165) is 11.4 Å². The first-order chi connectivity index (χ1) is 7.66. The molecule has 1 aromatic heterocycles. The van der Waals surface area contributed by atoms with Gasteiger partial charge in [0.1, 0.15) is 5.82 Å². The van der Waals surface area contributed by atoms with Gasteiger partial charge in [-0.3, -0.25) is 4.21 Å². The summed E-state index contributed by atoms with van der Waals surface area (Å²) in [6, 6.07) is 3.99. The summed E-state index contributed by atoms with van der Waals surface area (Å²) in [5.74, 6) is 0.918. The number of hydrogen-bond donors (Lipinski definition) is 0. The minimum Gasteiger partial charge on any atom is -0.760 e. The molecule has 0 bridgehead atoms. The Kier molecular flexibility index (Phi) is 3.52. The number of aryl methyl sites for hydroxylation is 1. The Labute approximate surface area is 97.5 Å². The first-order valence-electron chi connectivity index (χ1n) is 5.19. The van der Waals surface area contributed by atoms with Gasteiger partial charge in [-0.25, -0.2) is 9.29 Å². The average Bonchev–Trinajstić information content (AvgIpc) is 2.30. The lowest BCUT2D eigenvalue weighted by atomic mass is 10.3. The van der Waals surface area contributed by atoms with Crippen LogP contribution in [0.15, 0.2) is 18.3 Å². The third kappa shape index (κ3) is 2.58. The zero-order valence-electron chi connectivity index (χ0n) is 9.13. The molecule has 1 unspecified atom stereocenters. The van der Waals surface area contributed by atoms with Crippen molar-refractivity contribution in [3.05, 3.63) is 23.9 Å². The molecule has 1 aromatic rings. The van der Waals surface area contributed by atoms with Gasteiger partial charge >= 0.3 is 0 Å². The van der Waals surface area contributed by atoms with E-state index in [1.54, 1.807) is 0 Å². The van der Waals surface area contributed by atoms with Crippen molar-refractivity contribution in [2.45, 2.75) is 6.92 Å². The van der Waals surface area contributed by atoms with Gasteiger partial charge in [0.05, 0.1) is 0 Å². The van der Waals surface area contributed by atoms with Crippen molar-refractivity contribution in [1.29, 1.82) is 0 Å². The third-order valence-electron chi connectivity index (χ3n) is 2.67. The standard InChI is InChI=1S/C10H15N3O2S/c1-9-2-3-10(11-8-9)12-4-6-13(7-5-12)16(14)15/h2-3,8H,4-7H2,1H3,(H,14,15)/p-1. The van der Waals surface area contributed by atoms with Gasteiger partial charge in [0.15, 0.2) is 0 Å². The van der Waals surface area contributed by atoms with Crippen LogP contribution in [0.25, 0.3) is 0 Å². The predicted octanol–water partition coefficient (Wildman–Crippen LogP) is 0.306. The van der Waals surface area contributed by atoms with Crippen LogP contribution in [0.3, 0.4) is 0 Å². The van der Waals surface area contributed by atoms with E-state index >= 15 is 0 Å². The number of pyridine rings is 1. The summed E-state index contributed by atoms with van der Waals surface area (Å²) in [5, 5.41) is 0. The minimum atomic E-state index is -2.09. The first kappa shape index (κ1) is 11.5. The fourth-order valence-corrected chi connectivity index (χ4v) is 2.17. The number of nitrogens with zero attached hydrogens (tertiary/aromatic N) is 3. The molecule has 1 aliphatic rings. The molecule has 2 heterocycles. The minimum absolute atomic E-state index is 0.533. The van der Waals surface area contributed by atoms with Crippen LogP contribution >= 0.6 is 0 Å². The normalized spacial score (nSPS) is 19.8. The average molecular weight is 240 g/mol. The van der Waals surface area contributed by atoms with E-state index in [1.807, 2.05) is 25.3 Å². The molecular formula is C10H14N3O2S-. The van der Waals surface area contributed by atoms with Gasteiger partial charge in [-0.15, -0.1) is 0 Å². The Bertz CT molecular complexity index is 374. The summed E-state index contributed by atoms with van der Waals surface area (Å²) >= 11 is -2.09. The Morgan fingerprint density at radius 3 is 2.50 bits per heavy atom.